The Bertz CT molecular complexity index is 3580. The van der Waals surface area contributed by atoms with Gasteiger partial charge in [-0.05, 0) is 89.0 Å². The molecule has 0 N–H and O–H groups in total. The summed E-state index contributed by atoms with van der Waals surface area (Å²) in [5.41, 5.74) is 16.7. The summed E-state index contributed by atoms with van der Waals surface area (Å²) in [4.78, 5) is 14.4. The van der Waals surface area contributed by atoms with Crippen LogP contribution in [0.3, 0.4) is 0 Å². The fourth-order valence-corrected chi connectivity index (χ4v) is 9.43. The van der Waals surface area contributed by atoms with Gasteiger partial charge in [0, 0.05) is 56.2 Å². The topological polar surface area (TPSA) is 72.3 Å². The molecule has 0 saturated heterocycles. The van der Waals surface area contributed by atoms with Crippen molar-refractivity contribution in [2.24, 2.45) is 0 Å². The van der Waals surface area contributed by atoms with E-state index in [1.807, 2.05) is 79.4 Å². The van der Waals surface area contributed by atoms with Gasteiger partial charge >= 0.3 is 0 Å². The summed E-state index contributed by atoms with van der Waals surface area (Å²) in [6.45, 7) is 0. The molecule has 6 nitrogen and oxygen atoms in total. The highest BCUT2D eigenvalue weighted by Gasteiger charge is 2.24. The van der Waals surface area contributed by atoms with Crippen molar-refractivity contribution >= 4 is 43.6 Å². The maximum atomic E-state index is 10.7. The molecule has 0 aliphatic heterocycles. The Labute approximate surface area is 369 Å². The average molecular weight is 817 g/mol. The number of nitriles is 1. The Balaban J connectivity index is 1.09. The highest BCUT2D eigenvalue weighted by atomic mass is 15.0. The summed E-state index contributed by atoms with van der Waals surface area (Å²) in [6, 6.07) is 69.9. The predicted octanol–water partition coefficient (Wildman–Crippen LogP) is 14.3. The van der Waals surface area contributed by atoms with Crippen LogP contribution in [0.15, 0.2) is 219 Å². The number of aromatic nitrogens is 5. The van der Waals surface area contributed by atoms with Gasteiger partial charge in [0.1, 0.15) is 0 Å². The second-order valence-corrected chi connectivity index (χ2v) is 16.0. The molecule has 6 heteroatoms. The van der Waals surface area contributed by atoms with Gasteiger partial charge in [-0.3, -0.25) is 15.0 Å². The summed E-state index contributed by atoms with van der Waals surface area (Å²) in [5.74, 6) is 0. The van der Waals surface area contributed by atoms with Crippen LogP contribution in [0.5, 0.6) is 0 Å². The van der Waals surface area contributed by atoms with E-state index in [1.165, 1.54) is 0 Å². The van der Waals surface area contributed by atoms with E-state index in [4.69, 9.17) is 15.0 Å². The molecular weight excluding hydrogens is 781 g/mol. The molecule has 5 heterocycles. The molecule has 0 atom stereocenters. The minimum Gasteiger partial charge on any atom is -0.307 e. The molecule has 0 fully saturated rings. The van der Waals surface area contributed by atoms with E-state index in [1.54, 1.807) is 0 Å². The summed E-state index contributed by atoms with van der Waals surface area (Å²) in [7, 11) is 0. The van der Waals surface area contributed by atoms with Crippen LogP contribution in [0.1, 0.15) is 5.56 Å². The largest absolute Gasteiger partial charge is 0.307 e. The van der Waals surface area contributed by atoms with E-state index in [0.29, 0.717) is 5.56 Å². The van der Waals surface area contributed by atoms with Gasteiger partial charge in [-0.1, -0.05) is 127 Å². The Morgan fingerprint density at radius 3 is 1.33 bits per heavy atom. The second kappa shape index (κ2) is 15.2. The van der Waals surface area contributed by atoms with Crippen molar-refractivity contribution in [3.05, 3.63) is 224 Å². The average Bonchev–Trinajstić information content (AvgIpc) is 3.89. The maximum Gasteiger partial charge on any atom is 0.0998 e. The van der Waals surface area contributed by atoms with Gasteiger partial charge < -0.3 is 9.13 Å². The van der Waals surface area contributed by atoms with E-state index < -0.39 is 0 Å². The van der Waals surface area contributed by atoms with Crippen molar-refractivity contribution in [3.8, 4) is 73.3 Å². The van der Waals surface area contributed by atoms with Gasteiger partial charge in [-0.25, -0.2) is 0 Å². The molecule has 5 aromatic heterocycles. The molecule has 12 rings (SSSR count). The van der Waals surface area contributed by atoms with Crippen molar-refractivity contribution in [1.82, 2.24) is 24.1 Å². The Morgan fingerprint density at radius 2 is 0.812 bits per heavy atom. The first-order valence-electron chi connectivity index (χ1n) is 21.3. The van der Waals surface area contributed by atoms with Crippen molar-refractivity contribution in [2.45, 2.75) is 0 Å². The zero-order valence-electron chi connectivity index (χ0n) is 34.5. The van der Waals surface area contributed by atoms with Crippen molar-refractivity contribution in [1.29, 1.82) is 5.26 Å². The molecule has 0 bridgehead atoms. The van der Waals surface area contributed by atoms with Gasteiger partial charge in [0.2, 0.25) is 0 Å². The SMILES string of the molecule is N#Cc1ccccc1-c1c(-n2c3ccccc3c3cc(-c4ccnc(-c5ccccc5)c4)ccc32)cncc1-n1c2ccccc2c2cc(-c3ccnc(-c4ccccc4)c3)ccc21. The third-order valence-corrected chi connectivity index (χ3v) is 12.4. The number of nitrogens with zero attached hydrogens (tertiary/aromatic N) is 6. The number of hydrogen-bond donors (Lipinski definition) is 0. The zero-order valence-corrected chi connectivity index (χ0v) is 34.5. The highest BCUT2D eigenvalue weighted by molar-refractivity contribution is 6.13. The Hall–Kier alpha value is -8.92. The van der Waals surface area contributed by atoms with Gasteiger partial charge in [0.15, 0.2) is 0 Å². The zero-order chi connectivity index (χ0) is 42.6. The molecule has 0 saturated carbocycles. The minimum absolute atomic E-state index is 0.584. The fraction of sp³-hybridized carbons (Fsp3) is 0. The first-order valence-corrected chi connectivity index (χ1v) is 21.3. The third-order valence-electron chi connectivity index (χ3n) is 12.4. The molecule has 64 heavy (non-hydrogen) atoms. The molecule has 0 aliphatic carbocycles. The molecule has 0 unspecified atom stereocenters. The molecule has 298 valence electrons. The molecule has 0 radical (unpaired) electrons. The van der Waals surface area contributed by atoms with Gasteiger partial charge in [-0.2, -0.15) is 5.26 Å². The smallest absolute Gasteiger partial charge is 0.0998 e. The van der Waals surface area contributed by atoms with E-state index in [-0.39, 0.29) is 0 Å². The van der Waals surface area contributed by atoms with Gasteiger partial charge in [-0.15, -0.1) is 0 Å². The van der Waals surface area contributed by atoms with Crippen LogP contribution in [-0.4, -0.2) is 24.1 Å². The van der Waals surface area contributed by atoms with Crippen LogP contribution < -0.4 is 0 Å². The molecule has 0 amide bonds. The summed E-state index contributed by atoms with van der Waals surface area (Å²) >= 11 is 0. The van der Waals surface area contributed by atoms with E-state index in [0.717, 1.165) is 111 Å². The quantitative estimate of drug-likeness (QED) is 0.161. The van der Waals surface area contributed by atoms with E-state index in [2.05, 4.69) is 155 Å². The summed E-state index contributed by atoms with van der Waals surface area (Å²) in [5, 5.41) is 15.2. The summed E-state index contributed by atoms with van der Waals surface area (Å²) < 4.78 is 4.63. The lowest BCUT2D eigenvalue weighted by molar-refractivity contribution is 1.09. The number of para-hydroxylation sites is 2. The molecule has 12 aromatic rings. The monoisotopic (exact) mass is 816 g/mol. The van der Waals surface area contributed by atoms with Gasteiger partial charge in [0.05, 0.1) is 68.9 Å². The normalized spacial score (nSPS) is 11.4. The number of fused-ring (bicyclic) bond motifs is 6. The number of hydrogen-bond acceptors (Lipinski definition) is 4. The van der Waals surface area contributed by atoms with Crippen LogP contribution >= 0.6 is 0 Å². The predicted molar refractivity (Wildman–Crippen MR) is 260 cm³/mol. The number of rotatable bonds is 7. The van der Waals surface area contributed by atoms with E-state index >= 15 is 0 Å². The van der Waals surface area contributed by atoms with Crippen LogP contribution in [0, 0.1) is 11.3 Å². The lowest BCUT2D eigenvalue weighted by Gasteiger charge is -2.20. The Morgan fingerprint density at radius 1 is 0.375 bits per heavy atom. The molecule has 0 spiro atoms. The lowest BCUT2D eigenvalue weighted by atomic mass is 9.97. The minimum atomic E-state index is 0.584. The molecular formula is C58H36N6. The standard InChI is InChI=1S/C58H36N6/c59-35-44-17-7-8-18-45(44)58-56(63-52-21-11-9-19-46(52)48-31-40(23-25-54(48)63)42-27-29-61-50(33-42)38-13-3-1-4-14-38)36-60-37-57(58)64-53-22-12-10-20-47(53)49-32-41(24-26-55(49)64)43-28-30-62-51(34-43)39-15-5-2-6-16-39/h1-34,36-37H. The van der Waals surface area contributed by atoms with Crippen molar-refractivity contribution < 1.29 is 0 Å². The maximum absolute atomic E-state index is 10.7. The van der Waals surface area contributed by atoms with Crippen molar-refractivity contribution in [2.75, 3.05) is 0 Å². The molecule has 7 aromatic carbocycles. The van der Waals surface area contributed by atoms with Crippen LogP contribution in [0.2, 0.25) is 0 Å². The third kappa shape index (κ3) is 6.06. The second-order valence-electron chi connectivity index (χ2n) is 16.0. The van der Waals surface area contributed by atoms with Gasteiger partial charge in [0.25, 0.3) is 0 Å². The van der Waals surface area contributed by atoms with Crippen LogP contribution in [0.25, 0.3) is 111 Å². The molecule has 0 aliphatic rings. The lowest BCUT2D eigenvalue weighted by Crippen LogP contribution is -2.05. The highest BCUT2D eigenvalue weighted by Crippen LogP contribution is 2.44. The number of benzene rings is 7. The van der Waals surface area contributed by atoms with Crippen molar-refractivity contribution in [3.63, 3.8) is 0 Å². The number of pyridine rings is 3. The summed E-state index contributed by atoms with van der Waals surface area (Å²) in [6.07, 6.45) is 7.66. The first-order chi connectivity index (χ1) is 31.7. The van der Waals surface area contributed by atoms with Crippen LogP contribution in [-0.2, 0) is 0 Å². The first kappa shape index (κ1) is 36.9. The fourth-order valence-electron chi connectivity index (χ4n) is 9.43. The van der Waals surface area contributed by atoms with E-state index in [9.17, 15) is 5.26 Å². The van der Waals surface area contributed by atoms with Crippen LogP contribution in [0.4, 0.5) is 0 Å². The Kier molecular flexibility index (Phi) is 8.77.